The van der Waals surface area contributed by atoms with Crippen molar-refractivity contribution in [2.45, 2.75) is 44.1 Å². The van der Waals surface area contributed by atoms with Gasteiger partial charge in [0.25, 0.3) is 0 Å². The van der Waals surface area contributed by atoms with Crippen molar-refractivity contribution in [3.8, 4) is 28.5 Å². The summed E-state index contributed by atoms with van der Waals surface area (Å²) in [6.07, 6.45) is 0.971. The molecule has 4 heterocycles. The van der Waals surface area contributed by atoms with E-state index in [1.165, 1.54) is 24.5 Å². The Morgan fingerprint density at radius 3 is 2.30 bits per heavy atom. The number of hydrogen-bond acceptors (Lipinski definition) is 10. The van der Waals surface area contributed by atoms with Crippen LogP contribution in [-0.2, 0) is 0 Å². The van der Waals surface area contributed by atoms with E-state index in [4.69, 9.17) is 15.2 Å². The van der Waals surface area contributed by atoms with Crippen molar-refractivity contribution in [3.05, 3.63) is 48.8 Å². The molecule has 232 valence electrons. The molecule has 0 radical (unpaired) electrons. The molecule has 1 saturated carbocycles. The normalized spacial score (nSPS) is 20.2. The number of nitrogen functional groups attached to an aromatic ring is 1. The van der Waals surface area contributed by atoms with Gasteiger partial charge in [-0.25, -0.2) is 19.6 Å². The number of ether oxygens (including phenoxy) is 1. The lowest BCUT2D eigenvalue weighted by molar-refractivity contribution is -0.274. The van der Waals surface area contributed by atoms with Crippen molar-refractivity contribution in [2.24, 2.45) is 0 Å². The van der Waals surface area contributed by atoms with Crippen molar-refractivity contribution in [3.63, 3.8) is 0 Å². The first-order valence-electron chi connectivity index (χ1n) is 14.4. The molecule has 14 heteroatoms. The maximum atomic E-state index is 12.6. The molecule has 11 nitrogen and oxygen atoms in total. The number of rotatable bonds is 5. The first-order chi connectivity index (χ1) is 20.7. The summed E-state index contributed by atoms with van der Waals surface area (Å²) in [4.78, 5) is 18.2. The molecule has 5 N–H and O–H groups in total. The van der Waals surface area contributed by atoms with Crippen LogP contribution in [0.4, 0.5) is 19.0 Å². The highest BCUT2D eigenvalue weighted by Crippen LogP contribution is 2.38. The Morgan fingerprint density at radius 2 is 1.59 bits per heavy atom. The van der Waals surface area contributed by atoms with Crippen molar-refractivity contribution >= 4 is 28.0 Å². The van der Waals surface area contributed by atoms with Crippen molar-refractivity contribution in [2.75, 3.05) is 39.0 Å². The first kappa shape index (κ1) is 29.8. The molecule has 44 heavy (non-hydrogen) atoms. The van der Waals surface area contributed by atoms with Crippen LogP contribution in [0.25, 0.3) is 44.8 Å². The number of anilines is 1. The lowest BCUT2D eigenvalue weighted by Crippen LogP contribution is -2.49. The number of benzene rings is 2. The number of likely N-dealkylation sites (N-methyl/N-ethyl adjacent to an activating group) is 1. The second kappa shape index (κ2) is 11.7. The minimum atomic E-state index is -4.79. The van der Waals surface area contributed by atoms with Crippen LogP contribution in [0.2, 0.25) is 0 Å². The quantitative estimate of drug-likeness (QED) is 0.255. The van der Waals surface area contributed by atoms with Gasteiger partial charge in [0.05, 0.1) is 11.4 Å². The Labute approximate surface area is 251 Å². The second-order valence-corrected chi connectivity index (χ2v) is 11.3. The number of halogens is 3. The molecule has 5 aromatic rings. The minimum Gasteiger partial charge on any atom is -0.436 e. The molecule has 1 saturated heterocycles. The third-order valence-electron chi connectivity index (χ3n) is 8.58. The van der Waals surface area contributed by atoms with E-state index >= 15 is 0 Å². The Hall–Kier alpha value is -4.27. The van der Waals surface area contributed by atoms with Crippen LogP contribution >= 0.6 is 0 Å². The Kier molecular flexibility index (Phi) is 7.90. The van der Waals surface area contributed by atoms with Crippen LogP contribution in [0.3, 0.4) is 0 Å². The van der Waals surface area contributed by atoms with Gasteiger partial charge in [0.1, 0.15) is 29.1 Å². The van der Waals surface area contributed by atoms with E-state index in [0.717, 1.165) is 68.5 Å². The highest BCUT2D eigenvalue weighted by molar-refractivity contribution is 5.98. The van der Waals surface area contributed by atoms with Crippen LogP contribution in [0.5, 0.6) is 5.75 Å². The topological polar surface area (TPSA) is 146 Å². The Balaban J connectivity index is 0.00000343. The lowest BCUT2D eigenvalue weighted by atomic mass is 9.90. The molecule has 0 atom stereocenters. The summed E-state index contributed by atoms with van der Waals surface area (Å²) in [6.45, 7) is 4.48. The van der Waals surface area contributed by atoms with Crippen LogP contribution in [0.1, 0.15) is 31.7 Å². The second-order valence-electron chi connectivity index (χ2n) is 11.3. The Bertz CT molecular complexity index is 1750. The average molecular weight is 610 g/mol. The fourth-order valence-electron chi connectivity index (χ4n) is 6.31. The molecular formula is C30H34F3N9O2. The summed E-state index contributed by atoms with van der Waals surface area (Å²) in [5.74, 6) is 0.295. The van der Waals surface area contributed by atoms with E-state index in [1.807, 2.05) is 28.9 Å². The smallest absolute Gasteiger partial charge is 0.436 e. The van der Waals surface area contributed by atoms with E-state index in [-0.39, 0.29) is 29.3 Å². The number of aromatic nitrogens is 5. The summed E-state index contributed by atoms with van der Waals surface area (Å²) in [6, 6.07) is 12.1. The van der Waals surface area contributed by atoms with Crippen LogP contribution in [-0.4, -0.2) is 80.2 Å². The van der Waals surface area contributed by atoms with Gasteiger partial charge in [-0.15, -0.1) is 13.2 Å². The maximum absolute atomic E-state index is 12.6. The highest BCUT2D eigenvalue weighted by Gasteiger charge is 2.32. The van der Waals surface area contributed by atoms with E-state index in [1.54, 1.807) is 0 Å². The molecule has 7 rings (SSSR count). The Morgan fingerprint density at radius 1 is 0.909 bits per heavy atom. The molecule has 1 aliphatic heterocycles. The predicted molar refractivity (Wildman–Crippen MR) is 160 cm³/mol. The SMILES string of the molecule is CN1CCN(C2CCC(n3nc(-c4ccc(-c5nc6cc(OC(F)(F)F)ccc6o5)cc4)c4c(N)ncnc43)CC2)CC1.N. The summed E-state index contributed by atoms with van der Waals surface area (Å²) in [7, 11) is 2.18. The summed E-state index contributed by atoms with van der Waals surface area (Å²) >= 11 is 0. The van der Waals surface area contributed by atoms with Gasteiger partial charge < -0.3 is 25.9 Å². The van der Waals surface area contributed by atoms with Gasteiger partial charge in [-0.3, -0.25) is 4.90 Å². The number of hydrogen-bond donors (Lipinski definition) is 2. The molecule has 2 aromatic carbocycles. The number of fused-ring (bicyclic) bond motifs is 2. The van der Waals surface area contributed by atoms with Crippen molar-refractivity contribution in [1.29, 1.82) is 0 Å². The molecule has 3 aromatic heterocycles. The van der Waals surface area contributed by atoms with E-state index in [2.05, 4.69) is 36.5 Å². The molecule has 0 unspecified atom stereocenters. The summed E-state index contributed by atoms with van der Waals surface area (Å²) in [5.41, 5.74) is 9.90. The summed E-state index contributed by atoms with van der Waals surface area (Å²) < 4.78 is 49.7. The molecule has 1 aliphatic carbocycles. The van der Waals surface area contributed by atoms with Gasteiger partial charge in [-0.2, -0.15) is 5.10 Å². The van der Waals surface area contributed by atoms with Gasteiger partial charge in [0.15, 0.2) is 11.2 Å². The summed E-state index contributed by atoms with van der Waals surface area (Å²) in [5, 5.41) is 5.75. The molecular weight excluding hydrogens is 575 g/mol. The average Bonchev–Trinajstić information content (AvgIpc) is 3.60. The van der Waals surface area contributed by atoms with Gasteiger partial charge in [-0.1, -0.05) is 12.1 Å². The van der Waals surface area contributed by atoms with Gasteiger partial charge in [-0.05, 0) is 57.0 Å². The van der Waals surface area contributed by atoms with E-state index in [9.17, 15) is 13.2 Å². The highest BCUT2D eigenvalue weighted by atomic mass is 19.4. The van der Waals surface area contributed by atoms with E-state index in [0.29, 0.717) is 28.7 Å². The largest absolute Gasteiger partial charge is 0.573 e. The number of oxazole rings is 1. The van der Waals surface area contributed by atoms with Crippen molar-refractivity contribution < 1.29 is 22.3 Å². The first-order valence-corrected chi connectivity index (χ1v) is 14.4. The zero-order valence-electron chi connectivity index (χ0n) is 24.3. The monoisotopic (exact) mass is 609 g/mol. The third-order valence-corrected chi connectivity index (χ3v) is 8.58. The predicted octanol–water partition coefficient (Wildman–Crippen LogP) is 5.68. The molecule has 0 amide bonds. The fraction of sp³-hybridized carbons (Fsp3) is 0.400. The van der Waals surface area contributed by atoms with E-state index < -0.39 is 6.36 Å². The van der Waals surface area contributed by atoms with Gasteiger partial charge >= 0.3 is 6.36 Å². The minimum absolute atomic E-state index is 0. The maximum Gasteiger partial charge on any atom is 0.573 e. The molecule has 0 bridgehead atoms. The fourth-order valence-corrected chi connectivity index (χ4v) is 6.31. The van der Waals surface area contributed by atoms with Crippen LogP contribution in [0, 0.1) is 0 Å². The number of nitrogens with zero attached hydrogens (tertiary/aromatic N) is 7. The lowest BCUT2D eigenvalue weighted by Gasteiger charge is -2.41. The number of piperazine rings is 1. The molecule has 0 spiro atoms. The third kappa shape index (κ3) is 5.79. The van der Waals surface area contributed by atoms with Crippen LogP contribution < -0.4 is 16.6 Å². The van der Waals surface area contributed by atoms with Gasteiger partial charge in [0, 0.05) is 49.4 Å². The standard InChI is InChI=1S/C30H31F3N8O2.H3N/c1-39-12-14-40(15-13-39)20-6-8-21(9-7-20)41-28-25(27(34)35-17-36-28)26(38-41)18-2-4-19(5-3-18)29-37-23-16-22(43-30(31,32)33)10-11-24(23)42-29;/h2-5,10-11,16-17,20-21H,6-9,12-15H2,1H3,(H2,34,35,36);1H3. The van der Waals surface area contributed by atoms with Crippen LogP contribution in [0.15, 0.2) is 53.2 Å². The number of nitrogens with two attached hydrogens (primary N) is 1. The van der Waals surface area contributed by atoms with Crippen molar-refractivity contribution in [1.82, 2.24) is 40.7 Å². The molecule has 2 fully saturated rings. The molecule has 2 aliphatic rings. The number of alkyl halides is 3. The zero-order chi connectivity index (χ0) is 29.7. The zero-order valence-corrected chi connectivity index (χ0v) is 24.3. The van der Waals surface area contributed by atoms with Gasteiger partial charge in [0.2, 0.25) is 5.89 Å².